The van der Waals surface area contributed by atoms with E-state index in [1.54, 1.807) is 11.3 Å². The first kappa shape index (κ1) is 10.1. The molecule has 2 heterocycles. The number of rotatable bonds is 3. The Balaban J connectivity index is 1.76. The molecule has 0 unspecified atom stereocenters. The first-order valence-corrected chi connectivity index (χ1v) is 5.94. The molecule has 1 fully saturated rings. The third-order valence-electron chi connectivity index (χ3n) is 2.43. The summed E-state index contributed by atoms with van der Waals surface area (Å²) in [4.78, 5) is 4.42. The van der Waals surface area contributed by atoms with Crippen LogP contribution in [0.3, 0.4) is 0 Å². The number of aryl methyl sites for hydroxylation is 1. The highest BCUT2D eigenvalue weighted by atomic mass is 32.1. The van der Waals surface area contributed by atoms with E-state index in [-0.39, 0.29) is 0 Å². The van der Waals surface area contributed by atoms with Crippen LogP contribution in [0.2, 0.25) is 0 Å². The molecule has 1 aromatic heterocycles. The van der Waals surface area contributed by atoms with Gasteiger partial charge in [-0.05, 0) is 19.8 Å². The van der Waals surface area contributed by atoms with Gasteiger partial charge in [0.15, 0.2) is 0 Å². The zero-order valence-corrected chi connectivity index (χ0v) is 9.27. The number of nitrogens with one attached hydrogen (secondary N) is 1. The lowest BCUT2D eigenvalue weighted by atomic mass is 10.1. The SMILES string of the molecule is Cc1csc(CNC2CCOCC2)n1. The van der Waals surface area contributed by atoms with Crippen LogP contribution >= 0.6 is 11.3 Å². The van der Waals surface area contributed by atoms with E-state index in [9.17, 15) is 0 Å². The molecular formula is C10H16N2OS. The summed E-state index contributed by atoms with van der Waals surface area (Å²) in [6.45, 7) is 4.74. The molecule has 1 saturated heterocycles. The summed E-state index contributed by atoms with van der Waals surface area (Å²) in [5, 5.41) is 6.81. The first-order valence-electron chi connectivity index (χ1n) is 5.07. The normalized spacial score (nSPS) is 18.6. The summed E-state index contributed by atoms with van der Waals surface area (Å²) in [6, 6.07) is 0.618. The van der Waals surface area contributed by atoms with Crippen LogP contribution in [0, 0.1) is 6.92 Å². The summed E-state index contributed by atoms with van der Waals surface area (Å²) in [5.41, 5.74) is 1.12. The molecule has 0 aliphatic carbocycles. The van der Waals surface area contributed by atoms with Crippen molar-refractivity contribution in [2.24, 2.45) is 0 Å². The van der Waals surface area contributed by atoms with Crippen molar-refractivity contribution in [3.05, 3.63) is 16.1 Å². The summed E-state index contributed by atoms with van der Waals surface area (Å²) in [7, 11) is 0. The fraction of sp³-hybridized carbons (Fsp3) is 0.700. The molecule has 0 aromatic carbocycles. The van der Waals surface area contributed by atoms with Crippen LogP contribution in [0.1, 0.15) is 23.5 Å². The Morgan fingerprint density at radius 3 is 3.00 bits per heavy atom. The van der Waals surface area contributed by atoms with Gasteiger partial charge in [-0.2, -0.15) is 0 Å². The van der Waals surface area contributed by atoms with Crippen molar-refractivity contribution >= 4 is 11.3 Å². The molecule has 14 heavy (non-hydrogen) atoms. The standard InChI is InChI=1S/C10H16N2OS/c1-8-7-14-10(12-8)6-11-9-2-4-13-5-3-9/h7,9,11H,2-6H2,1H3. The molecule has 0 amide bonds. The summed E-state index contributed by atoms with van der Waals surface area (Å²) >= 11 is 1.73. The van der Waals surface area contributed by atoms with Gasteiger partial charge in [-0.1, -0.05) is 0 Å². The minimum atomic E-state index is 0.618. The van der Waals surface area contributed by atoms with Gasteiger partial charge in [0.25, 0.3) is 0 Å². The molecule has 2 rings (SSSR count). The number of aromatic nitrogens is 1. The van der Waals surface area contributed by atoms with E-state index in [2.05, 4.69) is 15.7 Å². The van der Waals surface area contributed by atoms with Gasteiger partial charge >= 0.3 is 0 Å². The smallest absolute Gasteiger partial charge is 0.107 e. The number of nitrogens with zero attached hydrogens (tertiary/aromatic N) is 1. The second-order valence-electron chi connectivity index (χ2n) is 3.65. The van der Waals surface area contributed by atoms with Gasteiger partial charge < -0.3 is 10.1 Å². The lowest BCUT2D eigenvalue weighted by Gasteiger charge is -2.22. The van der Waals surface area contributed by atoms with E-state index in [1.165, 1.54) is 5.01 Å². The molecule has 3 nitrogen and oxygen atoms in total. The number of hydrogen-bond donors (Lipinski definition) is 1. The molecule has 0 bridgehead atoms. The van der Waals surface area contributed by atoms with Crippen LogP contribution in [0.5, 0.6) is 0 Å². The van der Waals surface area contributed by atoms with Crippen LogP contribution in [0.25, 0.3) is 0 Å². The molecule has 1 aromatic rings. The van der Waals surface area contributed by atoms with E-state index in [0.717, 1.165) is 38.3 Å². The minimum absolute atomic E-state index is 0.618. The van der Waals surface area contributed by atoms with E-state index >= 15 is 0 Å². The Labute approximate surface area is 88.5 Å². The first-order chi connectivity index (χ1) is 6.84. The zero-order chi connectivity index (χ0) is 9.80. The van der Waals surface area contributed by atoms with Gasteiger partial charge in [0.2, 0.25) is 0 Å². The van der Waals surface area contributed by atoms with Crippen LogP contribution in [-0.2, 0) is 11.3 Å². The molecule has 0 spiro atoms. The molecular weight excluding hydrogens is 196 g/mol. The maximum absolute atomic E-state index is 5.30. The Bertz CT molecular complexity index is 281. The van der Waals surface area contributed by atoms with Crippen molar-refractivity contribution < 1.29 is 4.74 Å². The Hall–Kier alpha value is -0.450. The second-order valence-corrected chi connectivity index (χ2v) is 4.59. The molecule has 1 aliphatic heterocycles. The van der Waals surface area contributed by atoms with Crippen molar-refractivity contribution in [1.82, 2.24) is 10.3 Å². The molecule has 1 N–H and O–H groups in total. The lowest BCUT2D eigenvalue weighted by molar-refractivity contribution is 0.0776. The topological polar surface area (TPSA) is 34.1 Å². The summed E-state index contributed by atoms with van der Waals surface area (Å²) in [6.07, 6.45) is 2.26. The highest BCUT2D eigenvalue weighted by Crippen LogP contribution is 2.11. The van der Waals surface area contributed by atoms with Gasteiger partial charge in [0.05, 0.1) is 0 Å². The third kappa shape index (κ3) is 2.77. The van der Waals surface area contributed by atoms with Gasteiger partial charge in [-0.25, -0.2) is 4.98 Å². The van der Waals surface area contributed by atoms with Crippen molar-refractivity contribution in [3.8, 4) is 0 Å². The van der Waals surface area contributed by atoms with Gasteiger partial charge in [-0.3, -0.25) is 0 Å². The Morgan fingerprint density at radius 2 is 2.36 bits per heavy atom. The summed E-state index contributed by atoms with van der Waals surface area (Å²) in [5.74, 6) is 0. The van der Waals surface area contributed by atoms with Crippen LogP contribution < -0.4 is 5.32 Å². The van der Waals surface area contributed by atoms with E-state index < -0.39 is 0 Å². The molecule has 4 heteroatoms. The van der Waals surface area contributed by atoms with Crippen LogP contribution in [0.4, 0.5) is 0 Å². The molecule has 0 radical (unpaired) electrons. The van der Waals surface area contributed by atoms with E-state index in [4.69, 9.17) is 4.74 Å². The fourth-order valence-electron chi connectivity index (χ4n) is 1.62. The number of ether oxygens (including phenoxy) is 1. The molecule has 0 atom stereocenters. The second kappa shape index (κ2) is 4.87. The van der Waals surface area contributed by atoms with Gasteiger partial charge in [0, 0.05) is 36.9 Å². The molecule has 1 aliphatic rings. The average Bonchev–Trinajstić information content (AvgIpc) is 2.63. The number of hydrogen-bond acceptors (Lipinski definition) is 4. The number of thiazole rings is 1. The molecule has 0 saturated carbocycles. The van der Waals surface area contributed by atoms with Gasteiger partial charge in [0.1, 0.15) is 5.01 Å². The largest absolute Gasteiger partial charge is 0.381 e. The molecule has 78 valence electrons. The van der Waals surface area contributed by atoms with Crippen LogP contribution in [0.15, 0.2) is 5.38 Å². The van der Waals surface area contributed by atoms with Crippen LogP contribution in [-0.4, -0.2) is 24.2 Å². The maximum atomic E-state index is 5.30. The maximum Gasteiger partial charge on any atom is 0.107 e. The van der Waals surface area contributed by atoms with Crippen molar-refractivity contribution in [3.63, 3.8) is 0 Å². The quantitative estimate of drug-likeness (QED) is 0.828. The van der Waals surface area contributed by atoms with Crippen molar-refractivity contribution in [2.45, 2.75) is 32.4 Å². The fourth-order valence-corrected chi connectivity index (χ4v) is 2.34. The minimum Gasteiger partial charge on any atom is -0.381 e. The third-order valence-corrected chi connectivity index (χ3v) is 3.40. The van der Waals surface area contributed by atoms with Crippen molar-refractivity contribution in [1.29, 1.82) is 0 Å². The highest BCUT2D eigenvalue weighted by molar-refractivity contribution is 7.09. The van der Waals surface area contributed by atoms with E-state index in [1.807, 2.05) is 6.92 Å². The van der Waals surface area contributed by atoms with Gasteiger partial charge in [-0.15, -0.1) is 11.3 Å². The van der Waals surface area contributed by atoms with E-state index in [0.29, 0.717) is 6.04 Å². The Kier molecular flexibility index (Phi) is 3.50. The average molecular weight is 212 g/mol. The summed E-state index contributed by atoms with van der Waals surface area (Å²) < 4.78 is 5.30. The monoisotopic (exact) mass is 212 g/mol. The highest BCUT2D eigenvalue weighted by Gasteiger charge is 2.13. The predicted octanol–water partition coefficient (Wildman–Crippen LogP) is 1.72. The van der Waals surface area contributed by atoms with Crippen molar-refractivity contribution in [2.75, 3.05) is 13.2 Å². The Morgan fingerprint density at radius 1 is 1.57 bits per heavy atom. The predicted molar refractivity (Wildman–Crippen MR) is 57.5 cm³/mol. The zero-order valence-electron chi connectivity index (χ0n) is 8.45. The lowest BCUT2D eigenvalue weighted by Crippen LogP contribution is -2.34.